The molecule has 1 aliphatic heterocycles. The summed E-state index contributed by atoms with van der Waals surface area (Å²) in [7, 11) is 0. The van der Waals surface area contributed by atoms with Crippen LogP contribution >= 0.6 is 11.8 Å². The number of ketones is 2. The van der Waals surface area contributed by atoms with Gasteiger partial charge < -0.3 is 10.5 Å². The quantitative estimate of drug-likeness (QED) is 0.829. The highest BCUT2D eigenvalue weighted by atomic mass is 32.2. The van der Waals surface area contributed by atoms with Gasteiger partial charge in [-0.3, -0.25) is 9.59 Å². The first-order chi connectivity index (χ1) is 10.0. The summed E-state index contributed by atoms with van der Waals surface area (Å²) >= 11 is 1.15. The molecule has 1 unspecified atom stereocenters. The van der Waals surface area contributed by atoms with Crippen LogP contribution in [0.4, 0.5) is 0 Å². The van der Waals surface area contributed by atoms with Gasteiger partial charge in [-0.2, -0.15) is 0 Å². The molecule has 21 heavy (non-hydrogen) atoms. The van der Waals surface area contributed by atoms with Crippen molar-refractivity contribution < 1.29 is 19.1 Å². The van der Waals surface area contributed by atoms with E-state index in [0.717, 1.165) is 11.8 Å². The lowest BCUT2D eigenvalue weighted by Gasteiger charge is -2.26. The van der Waals surface area contributed by atoms with Crippen molar-refractivity contribution in [3.8, 4) is 0 Å². The van der Waals surface area contributed by atoms with Crippen molar-refractivity contribution in [1.82, 2.24) is 0 Å². The van der Waals surface area contributed by atoms with Crippen molar-refractivity contribution in [3.05, 3.63) is 45.9 Å². The highest BCUT2D eigenvalue weighted by molar-refractivity contribution is 8.04. The van der Waals surface area contributed by atoms with Gasteiger partial charge in [0.2, 0.25) is 5.78 Å². The van der Waals surface area contributed by atoms with Gasteiger partial charge in [-0.1, -0.05) is 24.3 Å². The first kappa shape index (κ1) is 14.0. The number of ether oxygens (including phenoxy) is 1. The summed E-state index contributed by atoms with van der Waals surface area (Å²) in [5.41, 5.74) is 5.32. The fourth-order valence-corrected chi connectivity index (χ4v) is 3.87. The highest BCUT2D eigenvalue weighted by Crippen LogP contribution is 2.44. The number of carbonyl (C=O) groups is 3. The monoisotopic (exact) mass is 303 g/mol. The zero-order valence-corrected chi connectivity index (χ0v) is 12.2. The minimum atomic E-state index is -1.55. The minimum Gasteiger partial charge on any atom is -0.464 e. The third-order valence-electron chi connectivity index (χ3n) is 3.61. The normalized spacial score (nSPS) is 23.9. The fraction of sp³-hybridized carbons (Fsp3) is 0.267. The molecule has 1 aliphatic carbocycles. The zero-order chi connectivity index (χ0) is 15.2. The van der Waals surface area contributed by atoms with E-state index in [-0.39, 0.29) is 34.4 Å². The molecule has 1 heterocycles. The van der Waals surface area contributed by atoms with Crippen LogP contribution < -0.4 is 5.73 Å². The molecule has 1 atom stereocenters. The van der Waals surface area contributed by atoms with Gasteiger partial charge in [-0.15, -0.1) is 11.8 Å². The Kier molecular flexibility index (Phi) is 3.22. The van der Waals surface area contributed by atoms with Gasteiger partial charge in [0.15, 0.2) is 11.3 Å². The van der Waals surface area contributed by atoms with Gasteiger partial charge in [0.05, 0.1) is 11.5 Å². The molecule has 0 saturated carbocycles. The number of hydrogen-bond acceptors (Lipinski definition) is 6. The molecule has 108 valence electrons. The number of nitrogens with two attached hydrogens (primary N) is 1. The molecule has 3 rings (SSSR count). The number of hydrogen-bond donors (Lipinski definition) is 1. The molecule has 0 bridgehead atoms. The molecule has 5 nitrogen and oxygen atoms in total. The summed E-state index contributed by atoms with van der Waals surface area (Å²) in [5, 5.41) is 0. The topological polar surface area (TPSA) is 86.5 Å². The second kappa shape index (κ2) is 4.82. The zero-order valence-electron chi connectivity index (χ0n) is 11.3. The summed E-state index contributed by atoms with van der Waals surface area (Å²) in [6, 6.07) is 6.57. The van der Waals surface area contributed by atoms with E-state index in [1.807, 2.05) is 0 Å². The summed E-state index contributed by atoms with van der Waals surface area (Å²) in [6.07, 6.45) is 0. The summed E-state index contributed by atoms with van der Waals surface area (Å²) < 4.78 is 4.97. The Morgan fingerprint density at radius 1 is 1.29 bits per heavy atom. The Hall–Kier alpha value is -1.92. The first-order valence-electron chi connectivity index (χ1n) is 6.52. The second-order valence-corrected chi connectivity index (χ2v) is 5.87. The number of allylic oxidation sites excluding steroid dienone is 1. The lowest BCUT2D eigenvalue weighted by atomic mass is 9.80. The molecule has 1 aromatic rings. The van der Waals surface area contributed by atoms with E-state index in [0.29, 0.717) is 11.1 Å². The van der Waals surface area contributed by atoms with Gasteiger partial charge in [0.1, 0.15) is 0 Å². The summed E-state index contributed by atoms with van der Waals surface area (Å²) in [6.45, 7) is 1.84. The van der Waals surface area contributed by atoms with Crippen molar-refractivity contribution in [3.63, 3.8) is 0 Å². The smallest absolute Gasteiger partial charge is 0.331 e. The van der Waals surface area contributed by atoms with Gasteiger partial charge >= 0.3 is 5.97 Å². The van der Waals surface area contributed by atoms with Crippen LogP contribution in [0.3, 0.4) is 0 Å². The molecule has 2 aliphatic rings. The van der Waals surface area contributed by atoms with Gasteiger partial charge in [0.25, 0.3) is 0 Å². The van der Waals surface area contributed by atoms with E-state index in [1.54, 1.807) is 31.2 Å². The number of carbonyl (C=O) groups excluding carboxylic acids is 3. The summed E-state index contributed by atoms with van der Waals surface area (Å²) in [5.74, 6) is -1.13. The number of fused-ring (bicyclic) bond motifs is 1. The second-order valence-electron chi connectivity index (χ2n) is 4.89. The minimum absolute atomic E-state index is 0.0784. The molecule has 1 aromatic carbocycles. The maximum atomic E-state index is 12.7. The Morgan fingerprint density at radius 3 is 2.52 bits per heavy atom. The lowest BCUT2D eigenvalue weighted by Crippen LogP contribution is -2.53. The van der Waals surface area contributed by atoms with Crippen LogP contribution in [-0.2, 0) is 9.53 Å². The van der Waals surface area contributed by atoms with Crippen LogP contribution in [0.5, 0.6) is 0 Å². The van der Waals surface area contributed by atoms with Gasteiger partial charge in [-0.05, 0) is 6.92 Å². The maximum absolute atomic E-state index is 12.7. The predicted molar refractivity (Wildman–Crippen MR) is 78.1 cm³/mol. The summed E-state index contributed by atoms with van der Waals surface area (Å²) in [4.78, 5) is 37.5. The molecule has 0 fully saturated rings. The van der Waals surface area contributed by atoms with Crippen LogP contribution in [-0.4, -0.2) is 35.4 Å². The number of esters is 1. The average molecular weight is 303 g/mol. The molecule has 0 radical (unpaired) electrons. The van der Waals surface area contributed by atoms with Crippen LogP contribution in [0, 0.1) is 0 Å². The van der Waals surface area contributed by atoms with E-state index in [2.05, 4.69) is 0 Å². The van der Waals surface area contributed by atoms with E-state index < -0.39 is 11.5 Å². The Morgan fingerprint density at radius 2 is 1.90 bits per heavy atom. The van der Waals surface area contributed by atoms with Crippen LogP contribution in [0.1, 0.15) is 27.6 Å². The van der Waals surface area contributed by atoms with Crippen LogP contribution in [0.2, 0.25) is 0 Å². The van der Waals surface area contributed by atoms with Crippen molar-refractivity contribution >= 4 is 29.3 Å². The third kappa shape index (κ3) is 1.86. The van der Waals surface area contributed by atoms with Crippen molar-refractivity contribution in [2.45, 2.75) is 12.5 Å². The average Bonchev–Trinajstić information content (AvgIpc) is 2.85. The largest absolute Gasteiger partial charge is 0.464 e. The molecule has 0 spiro atoms. The van der Waals surface area contributed by atoms with Crippen molar-refractivity contribution in [1.29, 1.82) is 0 Å². The highest BCUT2D eigenvalue weighted by Gasteiger charge is 2.52. The molecule has 2 N–H and O–H groups in total. The Bertz CT molecular complexity index is 709. The molecule has 0 amide bonds. The van der Waals surface area contributed by atoms with E-state index >= 15 is 0 Å². The third-order valence-corrected chi connectivity index (χ3v) is 4.88. The molecular weight excluding hydrogens is 290 g/mol. The van der Waals surface area contributed by atoms with Gasteiger partial charge in [0, 0.05) is 22.5 Å². The van der Waals surface area contributed by atoms with Crippen molar-refractivity contribution in [2.75, 3.05) is 12.4 Å². The molecule has 0 aromatic heterocycles. The number of rotatable bonds is 2. The van der Waals surface area contributed by atoms with E-state index in [9.17, 15) is 14.4 Å². The van der Waals surface area contributed by atoms with Crippen molar-refractivity contribution in [2.24, 2.45) is 5.73 Å². The number of benzene rings is 1. The van der Waals surface area contributed by atoms with E-state index in [1.165, 1.54) is 0 Å². The van der Waals surface area contributed by atoms with Crippen LogP contribution in [0.25, 0.3) is 0 Å². The first-order valence-corrected chi connectivity index (χ1v) is 7.51. The Labute approximate surface area is 125 Å². The maximum Gasteiger partial charge on any atom is 0.331 e. The number of thioether (sulfide) groups is 1. The fourth-order valence-electron chi connectivity index (χ4n) is 2.57. The van der Waals surface area contributed by atoms with Gasteiger partial charge in [-0.25, -0.2) is 4.79 Å². The lowest BCUT2D eigenvalue weighted by molar-refractivity contribution is -0.147. The predicted octanol–water partition coefficient (Wildman–Crippen LogP) is 1.33. The Balaban J connectivity index is 2.14. The molecular formula is C15H13NO4S. The van der Waals surface area contributed by atoms with E-state index in [4.69, 9.17) is 10.5 Å². The molecule has 6 heteroatoms. The SMILES string of the molecule is CCOC(=O)C1(N)CSC2=C1C(=O)c1ccccc1C2=O. The molecule has 0 saturated heterocycles. The standard InChI is InChI=1S/C15H13NO4S/c1-2-20-14(19)15(16)7-21-13-10(15)11(17)8-5-3-4-6-9(8)12(13)18/h3-6H,2,7,16H2,1H3. The van der Waals surface area contributed by atoms with Crippen LogP contribution in [0.15, 0.2) is 34.7 Å². The number of Topliss-reactive ketones (excluding diaryl/α,β-unsaturated/α-hetero) is 2.